The van der Waals surface area contributed by atoms with Gasteiger partial charge in [-0.05, 0) is 37.2 Å². The first kappa shape index (κ1) is 25.8. The number of pyridine rings is 1. The van der Waals surface area contributed by atoms with Crippen molar-refractivity contribution in [3.05, 3.63) is 70.0 Å². The van der Waals surface area contributed by atoms with E-state index in [1.807, 2.05) is 13.1 Å². The summed E-state index contributed by atoms with van der Waals surface area (Å²) < 4.78 is 40.3. The number of carbonyl (C=O) groups is 2. The van der Waals surface area contributed by atoms with Crippen molar-refractivity contribution in [3.8, 4) is 28.7 Å². The third-order valence-electron chi connectivity index (χ3n) is 7.57. The van der Waals surface area contributed by atoms with Gasteiger partial charge in [-0.25, -0.2) is 9.59 Å². The molecule has 6 rings (SSSR count). The zero-order chi connectivity index (χ0) is 28.0. The van der Waals surface area contributed by atoms with Crippen LogP contribution in [0.15, 0.2) is 36.7 Å². The van der Waals surface area contributed by atoms with E-state index in [1.54, 1.807) is 31.5 Å². The van der Waals surface area contributed by atoms with Gasteiger partial charge >= 0.3 is 11.9 Å². The minimum absolute atomic E-state index is 0.00309. The average molecular weight is 549 g/mol. The normalized spacial score (nSPS) is 18.9. The molecule has 0 fully saturated rings. The van der Waals surface area contributed by atoms with E-state index in [-0.39, 0.29) is 13.4 Å². The van der Waals surface area contributed by atoms with E-state index in [0.717, 1.165) is 11.1 Å². The van der Waals surface area contributed by atoms with Gasteiger partial charge in [0.1, 0.15) is 18.3 Å². The number of carbonyl (C=O) groups excluding carboxylic acids is 2. The number of fused-ring (bicyclic) bond motifs is 3. The molecule has 0 saturated heterocycles. The summed E-state index contributed by atoms with van der Waals surface area (Å²) in [6.07, 6.45) is 2.99. The highest BCUT2D eigenvalue weighted by atomic mass is 16.7. The third-order valence-corrected chi connectivity index (χ3v) is 7.57. The first-order valence-electron chi connectivity index (χ1n) is 12.7. The summed E-state index contributed by atoms with van der Waals surface area (Å²) in [6, 6.07) is 6.46. The topological polar surface area (TPSA) is 115 Å². The SMILES string of the molecule is COc1ccc2c(c1OC)C(=O)OC2C1c2c(c(COC(=O)c3cccnc3)c3c(c2OC)OCO3)CCN1C. The van der Waals surface area contributed by atoms with E-state index >= 15 is 0 Å². The summed E-state index contributed by atoms with van der Waals surface area (Å²) in [7, 11) is 6.53. The molecule has 0 radical (unpaired) electrons. The number of likely N-dealkylation sites (N-methyl/N-ethyl adjacent to an activating group) is 1. The zero-order valence-corrected chi connectivity index (χ0v) is 22.5. The van der Waals surface area contributed by atoms with Crippen molar-refractivity contribution >= 4 is 11.9 Å². The highest BCUT2D eigenvalue weighted by Crippen LogP contribution is 2.57. The highest BCUT2D eigenvalue weighted by molar-refractivity contribution is 5.98. The van der Waals surface area contributed by atoms with Gasteiger partial charge in [0.25, 0.3) is 0 Å². The first-order chi connectivity index (χ1) is 19.5. The predicted octanol–water partition coefficient (Wildman–Crippen LogP) is 3.63. The number of aromatic nitrogens is 1. The van der Waals surface area contributed by atoms with E-state index in [0.29, 0.717) is 64.0 Å². The second-order valence-corrected chi connectivity index (χ2v) is 9.55. The summed E-state index contributed by atoms with van der Waals surface area (Å²) in [4.78, 5) is 32.1. The molecule has 11 nitrogen and oxygen atoms in total. The minimum Gasteiger partial charge on any atom is -0.493 e. The molecule has 2 aromatic carbocycles. The van der Waals surface area contributed by atoms with Crippen molar-refractivity contribution in [2.75, 3.05) is 41.7 Å². The molecule has 11 heteroatoms. The van der Waals surface area contributed by atoms with Crippen LogP contribution in [0.1, 0.15) is 55.1 Å². The Hall–Kier alpha value is -4.51. The largest absolute Gasteiger partial charge is 0.493 e. The van der Waals surface area contributed by atoms with Crippen molar-refractivity contribution < 1.29 is 42.7 Å². The molecular formula is C29H28N2O9. The van der Waals surface area contributed by atoms with E-state index in [2.05, 4.69) is 9.88 Å². The summed E-state index contributed by atoms with van der Waals surface area (Å²) in [5.74, 6) is 1.16. The maximum Gasteiger partial charge on any atom is 0.343 e. The molecule has 0 spiro atoms. The Kier molecular flexibility index (Phi) is 6.59. The van der Waals surface area contributed by atoms with Gasteiger partial charge in [-0.2, -0.15) is 0 Å². The second kappa shape index (κ2) is 10.2. The standard InChI is InChI=1S/C29H28N2O9/c1-31-11-9-16-18(13-37-28(32)15-6-5-10-30-12-15)24-27(39-14-38-24)26(36-4)20(16)22(31)23-17-7-8-19(34-2)25(35-3)21(17)29(33)40-23/h5-8,10,12,22-23H,9,11,13-14H2,1-4H3. The molecule has 1 aromatic heterocycles. The first-order valence-corrected chi connectivity index (χ1v) is 12.7. The van der Waals surface area contributed by atoms with Crippen molar-refractivity contribution in [3.63, 3.8) is 0 Å². The van der Waals surface area contributed by atoms with Crippen LogP contribution in [0.3, 0.4) is 0 Å². The number of rotatable bonds is 7. The average Bonchev–Trinajstić information content (AvgIpc) is 3.60. The Balaban J connectivity index is 1.47. The minimum atomic E-state index is -0.675. The van der Waals surface area contributed by atoms with Crippen LogP contribution in [0.2, 0.25) is 0 Å². The lowest BCUT2D eigenvalue weighted by atomic mass is 9.83. The molecule has 40 heavy (non-hydrogen) atoms. The van der Waals surface area contributed by atoms with E-state index in [4.69, 9.17) is 33.2 Å². The van der Waals surface area contributed by atoms with Crippen molar-refractivity contribution in [1.29, 1.82) is 0 Å². The van der Waals surface area contributed by atoms with Crippen molar-refractivity contribution in [2.24, 2.45) is 0 Å². The fourth-order valence-electron chi connectivity index (χ4n) is 5.78. The maximum atomic E-state index is 13.2. The van der Waals surface area contributed by atoms with Crippen LogP contribution in [0.5, 0.6) is 28.7 Å². The van der Waals surface area contributed by atoms with Crippen LogP contribution in [-0.2, 0) is 22.5 Å². The lowest BCUT2D eigenvalue weighted by Gasteiger charge is -2.39. The van der Waals surface area contributed by atoms with Gasteiger partial charge in [-0.1, -0.05) is 6.07 Å². The second-order valence-electron chi connectivity index (χ2n) is 9.55. The van der Waals surface area contributed by atoms with E-state index < -0.39 is 24.1 Å². The van der Waals surface area contributed by atoms with Gasteiger partial charge < -0.3 is 33.2 Å². The van der Waals surface area contributed by atoms with Gasteiger partial charge in [0.15, 0.2) is 23.0 Å². The Morgan fingerprint density at radius 1 is 1.07 bits per heavy atom. The van der Waals surface area contributed by atoms with Crippen LogP contribution < -0.4 is 23.7 Å². The molecule has 3 aliphatic heterocycles. The van der Waals surface area contributed by atoms with E-state index in [9.17, 15) is 9.59 Å². The summed E-state index contributed by atoms with van der Waals surface area (Å²) >= 11 is 0. The van der Waals surface area contributed by atoms with Crippen LogP contribution >= 0.6 is 0 Å². The molecule has 2 unspecified atom stereocenters. The molecule has 0 saturated carbocycles. The number of nitrogens with zero attached hydrogens (tertiary/aromatic N) is 2. The molecule has 0 amide bonds. The van der Waals surface area contributed by atoms with Gasteiger partial charge in [-0.3, -0.25) is 9.88 Å². The van der Waals surface area contributed by atoms with Crippen LogP contribution in [0.4, 0.5) is 0 Å². The number of hydrogen-bond acceptors (Lipinski definition) is 11. The third kappa shape index (κ3) is 3.96. The number of benzene rings is 2. The molecule has 208 valence electrons. The predicted molar refractivity (Wildman–Crippen MR) is 139 cm³/mol. The molecule has 2 atom stereocenters. The Morgan fingerprint density at radius 2 is 1.88 bits per heavy atom. The number of methoxy groups -OCH3 is 3. The van der Waals surface area contributed by atoms with Gasteiger partial charge in [0, 0.05) is 35.6 Å². The Labute approximate surface area is 230 Å². The Bertz CT molecular complexity index is 1490. The lowest BCUT2D eigenvalue weighted by Crippen LogP contribution is -2.37. The van der Waals surface area contributed by atoms with Crippen molar-refractivity contribution in [1.82, 2.24) is 9.88 Å². The molecule has 4 heterocycles. The number of hydrogen-bond donors (Lipinski definition) is 0. The molecular weight excluding hydrogens is 520 g/mol. The molecule has 0 bridgehead atoms. The Morgan fingerprint density at radius 3 is 2.60 bits per heavy atom. The molecule has 3 aliphatic rings. The number of cyclic esters (lactones) is 1. The van der Waals surface area contributed by atoms with Gasteiger partial charge in [0.05, 0.1) is 32.9 Å². The molecule has 3 aromatic rings. The summed E-state index contributed by atoms with van der Waals surface area (Å²) in [6.45, 7) is 0.589. The molecule has 0 aliphatic carbocycles. The highest BCUT2D eigenvalue weighted by Gasteiger charge is 2.47. The van der Waals surface area contributed by atoms with Crippen molar-refractivity contribution in [2.45, 2.75) is 25.2 Å². The number of esters is 2. The quantitative estimate of drug-likeness (QED) is 0.403. The van der Waals surface area contributed by atoms with Crippen LogP contribution in [0.25, 0.3) is 0 Å². The van der Waals surface area contributed by atoms with Gasteiger partial charge in [0.2, 0.25) is 12.5 Å². The maximum absolute atomic E-state index is 13.2. The molecule has 0 N–H and O–H groups in total. The van der Waals surface area contributed by atoms with Gasteiger partial charge in [-0.15, -0.1) is 0 Å². The van der Waals surface area contributed by atoms with Crippen LogP contribution in [-0.4, -0.2) is 63.5 Å². The lowest BCUT2D eigenvalue weighted by molar-refractivity contribution is 0.00846. The zero-order valence-electron chi connectivity index (χ0n) is 22.5. The number of ether oxygens (including phenoxy) is 7. The summed E-state index contributed by atoms with van der Waals surface area (Å²) in [5.41, 5.74) is 3.72. The fourth-order valence-corrected chi connectivity index (χ4v) is 5.78. The summed E-state index contributed by atoms with van der Waals surface area (Å²) in [5, 5.41) is 0. The fraction of sp³-hybridized carbons (Fsp3) is 0.345. The smallest absolute Gasteiger partial charge is 0.343 e. The van der Waals surface area contributed by atoms with Crippen LogP contribution in [0, 0.1) is 0 Å². The van der Waals surface area contributed by atoms with E-state index in [1.165, 1.54) is 20.4 Å². The monoisotopic (exact) mass is 548 g/mol.